The molecule has 0 radical (unpaired) electrons. The molecule has 0 aliphatic rings. The zero-order valence-electron chi connectivity index (χ0n) is 11.5. The minimum absolute atomic E-state index is 0.118. The molecule has 0 aliphatic carbocycles. The van der Waals surface area contributed by atoms with Gasteiger partial charge in [0.25, 0.3) is 0 Å². The first kappa shape index (κ1) is 17.3. The van der Waals surface area contributed by atoms with Crippen molar-refractivity contribution in [2.45, 2.75) is 32.4 Å². The van der Waals surface area contributed by atoms with Crippen LogP contribution in [-0.2, 0) is 19.0 Å². The third-order valence-electron chi connectivity index (χ3n) is 2.13. The number of carboxylic acid groups (broad SMARTS) is 1. The molecule has 0 spiro atoms. The molecule has 1 unspecified atom stereocenters. The van der Waals surface area contributed by atoms with Crippen LogP contribution in [0.15, 0.2) is 0 Å². The minimum Gasteiger partial charge on any atom is -0.480 e. The summed E-state index contributed by atoms with van der Waals surface area (Å²) in [6, 6.07) is -0.536. The van der Waals surface area contributed by atoms with Crippen LogP contribution in [0.4, 0.5) is 0 Å². The molecule has 108 valence electrons. The number of nitrogens with one attached hydrogen (secondary N) is 1. The zero-order chi connectivity index (χ0) is 13.8. The van der Waals surface area contributed by atoms with Crippen molar-refractivity contribution in [3.05, 3.63) is 0 Å². The van der Waals surface area contributed by atoms with E-state index < -0.39 is 12.0 Å². The first-order valence-electron chi connectivity index (χ1n) is 6.21. The molecule has 2 N–H and O–H groups in total. The number of carbonyl (C=O) groups is 1. The van der Waals surface area contributed by atoms with E-state index in [1.165, 1.54) is 0 Å². The lowest BCUT2D eigenvalue weighted by molar-refractivity contribution is -0.141. The SMILES string of the molecule is COCCOCCCOCC(NC(C)C)C(=O)O. The number of hydrogen-bond acceptors (Lipinski definition) is 5. The highest BCUT2D eigenvalue weighted by Gasteiger charge is 2.17. The van der Waals surface area contributed by atoms with Crippen LogP contribution in [0.25, 0.3) is 0 Å². The van der Waals surface area contributed by atoms with Crippen molar-refractivity contribution in [3.63, 3.8) is 0 Å². The van der Waals surface area contributed by atoms with Gasteiger partial charge in [0.15, 0.2) is 0 Å². The van der Waals surface area contributed by atoms with Crippen LogP contribution in [0.5, 0.6) is 0 Å². The average molecular weight is 263 g/mol. The molecule has 0 aromatic rings. The third-order valence-corrected chi connectivity index (χ3v) is 2.13. The predicted octanol–water partition coefficient (Wildman–Crippen LogP) is 0.507. The van der Waals surface area contributed by atoms with Gasteiger partial charge in [-0.3, -0.25) is 4.79 Å². The van der Waals surface area contributed by atoms with E-state index in [1.807, 2.05) is 13.8 Å². The maximum Gasteiger partial charge on any atom is 0.323 e. The number of aliphatic carboxylic acids is 1. The number of methoxy groups -OCH3 is 1. The molecule has 1 atom stereocenters. The Labute approximate surface area is 109 Å². The highest BCUT2D eigenvalue weighted by atomic mass is 16.5. The van der Waals surface area contributed by atoms with Gasteiger partial charge in [-0.1, -0.05) is 13.8 Å². The first-order chi connectivity index (χ1) is 8.57. The van der Waals surface area contributed by atoms with Gasteiger partial charge in [-0.25, -0.2) is 0 Å². The predicted molar refractivity (Wildman–Crippen MR) is 67.8 cm³/mol. The fraction of sp³-hybridized carbons (Fsp3) is 0.917. The standard InChI is InChI=1S/C12H25NO5/c1-10(2)13-11(12(14)15)9-18-6-4-5-17-8-7-16-3/h10-11,13H,4-9H2,1-3H3,(H,14,15). The normalized spacial score (nSPS) is 12.9. The monoisotopic (exact) mass is 263 g/mol. The third kappa shape index (κ3) is 10.5. The van der Waals surface area contributed by atoms with Gasteiger partial charge in [-0.2, -0.15) is 0 Å². The van der Waals surface area contributed by atoms with E-state index in [4.69, 9.17) is 19.3 Å². The van der Waals surface area contributed by atoms with Gasteiger partial charge in [0.1, 0.15) is 6.04 Å². The Morgan fingerprint density at radius 2 is 1.83 bits per heavy atom. The van der Waals surface area contributed by atoms with Crippen molar-refractivity contribution >= 4 is 5.97 Å². The molecule has 0 amide bonds. The van der Waals surface area contributed by atoms with Crippen LogP contribution in [0.1, 0.15) is 20.3 Å². The number of carboxylic acids is 1. The summed E-state index contributed by atoms with van der Waals surface area (Å²) in [5.74, 6) is -0.889. The Morgan fingerprint density at radius 1 is 1.17 bits per heavy atom. The van der Waals surface area contributed by atoms with Crippen LogP contribution in [0.3, 0.4) is 0 Å². The topological polar surface area (TPSA) is 77.0 Å². The molecule has 0 aromatic heterocycles. The lowest BCUT2D eigenvalue weighted by Crippen LogP contribution is -2.44. The van der Waals surface area contributed by atoms with Gasteiger partial charge < -0.3 is 24.6 Å². The Hall–Kier alpha value is -0.690. The molecule has 0 saturated heterocycles. The number of hydrogen-bond donors (Lipinski definition) is 2. The molecule has 0 saturated carbocycles. The van der Waals surface area contributed by atoms with Crippen molar-refractivity contribution in [2.24, 2.45) is 0 Å². The van der Waals surface area contributed by atoms with Crippen LogP contribution < -0.4 is 5.32 Å². The summed E-state index contributed by atoms with van der Waals surface area (Å²) in [5.41, 5.74) is 0. The van der Waals surface area contributed by atoms with Gasteiger partial charge in [-0.15, -0.1) is 0 Å². The van der Waals surface area contributed by atoms with Crippen LogP contribution in [-0.4, -0.2) is 63.3 Å². The Morgan fingerprint density at radius 3 is 2.39 bits per heavy atom. The Balaban J connectivity index is 3.47. The number of rotatable bonds is 12. The number of ether oxygens (including phenoxy) is 3. The van der Waals surface area contributed by atoms with Gasteiger partial charge >= 0.3 is 5.97 Å². The molecule has 18 heavy (non-hydrogen) atoms. The fourth-order valence-electron chi connectivity index (χ4n) is 1.30. The lowest BCUT2D eigenvalue weighted by Gasteiger charge is -2.17. The molecule has 0 bridgehead atoms. The molecule has 0 aliphatic heterocycles. The molecule has 0 heterocycles. The van der Waals surface area contributed by atoms with Gasteiger partial charge in [-0.05, 0) is 6.42 Å². The van der Waals surface area contributed by atoms with E-state index in [1.54, 1.807) is 7.11 Å². The van der Waals surface area contributed by atoms with Gasteiger partial charge in [0.2, 0.25) is 0 Å². The summed E-state index contributed by atoms with van der Waals surface area (Å²) in [6.45, 7) is 6.23. The van der Waals surface area contributed by atoms with Crippen molar-refractivity contribution in [1.29, 1.82) is 0 Å². The summed E-state index contributed by atoms with van der Waals surface area (Å²) in [5, 5.41) is 11.9. The molecule has 0 fully saturated rings. The van der Waals surface area contributed by atoms with Crippen molar-refractivity contribution in [1.82, 2.24) is 5.32 Å². The minimum atomic E-state index is -0.889. The van der Waals surface area contributed by atoms with E-state index in [9.17, 15) is 4.79 Å². The van der Waals surface area contributed by atoms with Crippen molar-refractivity contribution in [2.75, 3.05) is 40.1 Å². The van der Waals surface area contributed by atoms with E-state index in [-0.39, 0.29) is 12.6 Å². The summed E-state index contributed by atoms with van der Waals surface area (Å²) in [4.78, 5) is 10.9. The highest BCUT2D eigenvalue weighted by Crippen LogP contribution is 1.92. The molecule has 6 heteroatoms. The second-order valence-corrected chi connectivity index (χ2v) is 4.25. The summed E-state index contributed by atoms with van der Waals surface area (Å²) in [7, 11) is 1.63. The van der Waals surface area contributed by atoms with Gasteiger partial charge in [0.05, 0.1) is 19.8 Å². The van der Waals surface area contributed by atoms with Crippen LogP contribution in [0.2, 0.25) is 0 Å². The average Bonchev–Trinajstić information content (AvgIpc) is 2.30. The van der Waals surface area contributed by atoms with E-state index >= 15 is 0 Å². The van der Waals surface area contributed by atoms with Crippen LogP contribution >= 0.6 is 0 Å². The zero-order valence-corrected chi connectivity index (χ0v) is 11.5. The Bertz CT molecular complexity index is 211. The van der Waals surface area contributed by atoms with Gasteiger partial charge in [0, 0.05) is 26.4 Å². The largest absolute Gasteiger partial charge is 0.480 e. The van der Waals surface area contributed by atoms with E-state index in [0.717, 1.165) is 6.42 Å². The summed E-state index contributed by atoms with van der Waals surface area (Å²) >= 11 is 0. The first-order valence-corrected chi connectivity index (χ1v) is 6.21. The maximum absolute atomic E-state index is 10.9. The smallest absolute Gasteiger partial charge is 0.323 e. The van der Waals surface area contributed by atoms with Crippen molar-refractivity contribution in [3.8, 4) is 0 Å². The molecule has 0 rings (SSSR count). The summed E-state index contributed by atoms with van der Waals surface area (Å²) in [6.07, 6.45) is 0.748. The molecular formula is C12H25NO5. The molecular weight excluding hydrogens is 238 g/mol. The second kappa shape index (κ2) is 11.4. The van der Waals surface area contributed by atoms with E-state index in [2.05, 4.69) is 5.32 Å². The molecule has 6 nitrogen and oxygen atoms in total. The van der Waals surface area contributed by atoms with Crippen LogP contribution in [0, 0.1) is 0 Å². The second-order valence-electron chi connectivity index (χ2n) is 4.25. The maximum atomic E-state index is 10.9. The Kier molecular flexibility index (Phi) is 11.0. The summed E-state index contributed by atoms with van der Waals surface area (Å²) < 4.78 is 15.4. The fourth-order valence-corrected chi connectivity index (χ4v) is 1.30. The van der Waals surface area contributed by atoms with E-state index in [0.29, 0.717) is 26.4 Å². The quantitative estimate of drug-likeness (QED) is 0.500. The highest BCUT2D eigenvalue weighted by molar-refractivity contribution is 5.73. The molecule has 0 aromatic carbocycles. The van der Waals surface area contributed by atoms with Crippen molar-refractivity contribution < 1.29 is 24.1 Å². The lowest BCUT2D eigenvalue weighted by atomic mass is 10.2.